The van der Waals surface area contributed by atoms with Crippen LogP contribution in [-0.4, -0.2) is 32.6 Å². The second-order valence-corrected chi connectivity index (χ2v) is 13.7. The predicted octanol–water partition coefficient (Wildman–Crippen LogP) is 8.92. The minimum Gasteiger partial charge on any atom is -0.504 e. The smallest absolute Gasteiger partial charge is 0.135 e. The summed E-state index contributed by atoms with van der Waals surface area (Å²) in [7, 11) is 2.05. The van der Waals surface area contributed by atoms with Crippen LogP contribution in [0.15, 0.2) is 91.3 Å². The molecule has 0 saturated carbocycles. The number of rotatable bonds is 4. The Kier molecular flexibility index (Phi) is 7.81. The summed E-state index contributed by atoms with van der Waals surface area (Å²) in [6.45, 7) is 13.3. The number of ether oxygens (including phenoxy) is 1. The number of fused-ring (bicyclic) bond motifs is 4. The minimum absolute atomic E-state index is 0. The topological polar surface area (TPSA) is 33.5 Å². The van der Waals surface area contributed by atoms with E-state index in [9.17, 15) is 0 Å². The van der Waals surface area contributed by atoms with Crippen LogP contribution in [0.5, 0.6) is 11.5 Å². The van der Waals surface area contributed by atoms with Gasteiger partial charge in [-0.25, -0.2) is 11.1 Å². The number of nitrogens with zero attached hydrogens (tertiary/aromatic N) is 4. The van der Waals surface area contributed by atoms with Gasteiger partial charge in [0, 0.05) is 44.3 Å². The normalized spacial score (nSPS) is 16.2. The first kappa shape index (κ1) is 30.9. The maximum absolute atomic E-state index is 6.60. The van der Waals surface area contributed by atoms with Crippen molar-refractivity contribution in [1.29, 1.82) is 0 Å². The molecule has 0 saturated heterocycles. The number of hydrogen-bond donors (Lipinski definition) is 0. The number of para-hydroxylation sites is 1. The van der Waals surface area contributed by atoms with E-state index in [-0.39, 0.29) is 38.1 Å². The molecule has 0 spiro atoms. The van der Waals surface area contributed by atoms with Crippen LogP contribution in [0, 0.1) is 18.3 Å². The van der Waals surface area contributed by atoms with Crippen LogP contribution in [0.2, 0.25) is 0 Å². The standard InChI is InChI=1S/C39H37N4O.Pt/c1-38(2,3)27-17-18-40-36(23-27)43-33-13-9-8-12-31(33)32-16-15-29(24-34(32)43)44-30-21-26(20-28(22-30)39(4,5)6)35-25-41(7)37-14-10-11-19-42(35)37;/h8-20,22-23,37H,1-7H3;/q-3;. The third-order valence-electron chi connectivity index (χ3n) is 8.45. The third-order valence-corrected chi connectivity index (χ3v) is 8.45. The molecule has 7 rings (SSSR count). The first-order valence-electron chi connectivity index (χ1n) is 15.2. The molecule has 0 fully saturated rings. The fourth-order valence-corrected chi connectivity index (χ4v) is 5.96. The van der Waals surface area contributed by atoms with Crippen LogP contribution < -0.4 is 4.74 Å². The van der Waals surface area contributed by atoms with Crippen molar-refractivity contribution in [3.05, 3.63) is 126 Å². The van der Waals surface area contributed by atoms with Crippen LogP contribution in [0.1, 0.15) is 58.2 Å². The molecular weight excluding hydrogens is 736 g/mol. The third kappa shape index (κ3) is 5.64. The Bertz CT molecular complexity index is 2000. The Hall–Kier alpha value is -4.08. The Morgan fingerprint density at radius 3 is 2.36 bits per heavy atom. The van der Waals surface area contributed by atoms with Gasteiger partial charge in [0.05, 0.1) is 6.17 Å². The maximum atomic E-state index is 6.60. The molecule has 232 valence electrons. The van der Waals surface area contributed by atoms with Gasteiger partial charge in [-0.3, -0.25) is 5.56 Å². The van der Waals surface area contributed by atoms with Crippen molar-refractivity contribution in [2.24, 2.45) is 0 Å². The largest absolute Gasteiger partial charge is 0.504 e. The van der Waals surface area contributed by atoms with Crippen LogP contribution in [0.4, 0.5) is 0 Å². The number of hydrogen-bond acceptors (Lipinski definition) is 4. The second-order valence-electron chi connectivity index (χ2n) is 13.7. The quantitative estimate of drug-likeness (QED) is 0.171. The monoisotopic (exact) mass is 772 g/mol. The number of pyridine rings is 1. The molecular formula is C39H37N4OPt-3. The van der Waals surface area contributed by atoms with Crippen molar-refractivity contribution < 1.29 is 25.8 Å². The van der Waals surface area contributed by atoms with Gasteiger partial charge in [0.1, 0.15) is 5.82 Å². The molecule has 5 nitrogen and oxygen atoms in total. The van der Waals surface area contributed by atoms with Gasteiger partial charge < -0.3 is 19.1 Å². The van der Waals surface area contributed by atoms with Crippen LogP contribution in [-0.2, 0) is 31.9 Å². The molecule has 0 aliphatic carbocycles. The number of aromatic nitrogens is 2. The Morgan fingerprint density at radius 1 is 0.800 bits per heavy atom. The Morgan fingerprint density at radius 2 is 1.58 bits per heavy atom. The predicted molar refractivity (Wildman–Crippen MR) is 178 cm³/mol. The van der Waals surface area contributed by atoms with E-state index in [2.05, 4.69) is 160 Å². The van der Waals surface area contributed by atoms with Gasteiger partial charge in [0.15, 0.2) is 0 Å². The van der Waals surface area contributed by atoms with Gasteiger partial charge in [0.2, 0.25) is 0 Å². The minimum atomic E-state index is -0.0894. The van der Waals surface area contributed by atoms with Crippen molar-refractivity contribution in [3.63, 3.8) is 0 Å². The van der Waals surface area contributed by atoms with E-state index in [1.165, 1.54) is 5.56 Å². The van der Waals surface area contributed by atoms with Crippen LogP contribution in [0.25, 0.3) is 33.3 Å². The Balaban J connectivity index is 0.00000357. The Labute approximate surface area is 280 Å². The van der Waals surface area contributed by atoms with Crippen molar-refractivity contribution >= 4 is 27.5 Å². The molecule has 2 aliphatic heterocycles. The molecule has 2 aliphatic rings. The molecule has 6 heteroatoms. The van der Waals surface area contributed by atoms with Gasteiger partial charge in [-0.05, 0) is 65.4 Å². The summed E-state index contributed by atoms with van der Waals surface area (Å²) in [5.41, 5.74) is 6.23. The van der Waals surface area contributed by atoms with Crippen molar-refractivity contribution in [1.82, 2.24) is 19.4 Å². The molecule has 2 aromatic heterocycles. The zero-order valence-corrected chi connectivity index (χ0v) is 29.0. The first-order chi connectivity index (χ1) is 21.0. The van der Waals surface area contributed by atoms with Crippen LogP contribution in [0.3, 0.4) is 0 Å². The maximum Gasteiger partial charge on any atom is 0.135 e. The fraction of sp³-hybridized carbons (Fsp3) is 0.256. The van der Waals surface area contributed by atoms with E-state index in [1.807, 2.05) is 12.3 Å². The van der Waals surface area contributed by atoms with E-state index in [4.69, 9.17) is 9.72 Å². The molecule has 3 aromatic carbocycles. The average molecular weight is 773 g/mol. The fourth-order valence-electron chi connectivity index (χ4n) is 5.96. The van der Waals surface area contributed by atoms with E-state index in [1.54, 1.807) is 0 Å². The average Bonchev–Trinajstić information content (AvgIpc) is 3.51. The molecule has 0 amide bonds. The zero-order chi connectivity index (χ0) is 30.8. The van der Waals surface area contributed by atoms with Gasteiger partial charge in [-0.2, -0.15) is 24.0 Å². The molecule has 0 radical (unpaired) electrons. The number of likely N-dealkylation sites (N-methyl/N-ethyl adjacent to an activating group) is 1. The second kappa shape index (κ2) is 11.4. The molecule has 1 atom stereocenters. The van der Waals surface area contributed by atoms with E-state index >= 15 is 0 Å². The summed E-state index contributed by atoms with van der Waals surface area (Å²) in [5, 5.41) is 2.26. The van der Waals surface area contributed by atoms with Crippen molar-refractivity contribution in [2.75, 3.05) is 7.05 Å². The number of allylic oxidation sites excluding steroid dienone is 2. The SMILES string of the molecule is CN1[C-]=C(c2[c-]c(Oc3[c-]c4c(cc3)c3ccccc3n4-c3cc(C(C)(C)C)ccn3)cc(C(C)(C)C)c2)N2C=CC=CC12.[Pt]. The molecule has 0 N–H and O–H groups in total. The summed E-state index contributed by atoms with van der Waals surface area (Å²) in [6.07, 6.45) is 13.9. The summed E-state index contributed by atoms with van der Waals surface area (Å²) in [5.74, 6) is 2.14. The molecule has 1 unspecified atom stereocenters. The molecule has 5 aromatic rings. The number of benzene rings is 3. The zero-order valence-electron chi connectivity index (χ0n) is 26.8. The van der Waals surface area contributed by atoms with Crippen molar-refractivity contribution in [3.8, 4) is 17.3 Å². The van der Waals surface area contributed by atoms with Gasteiger partial charge in [-0.15, -0.1) is 23.1 Å². The van der Waals surface area contributed by atoms with Crippen LogP contribution >= 0.6 is 0 Å². The van der Waals surface area contributed by atoms with Gasteiger partial charge >= 0.3 is 0 Å². The summed E-state index contributed by atoms with van der Waals surface area (Å²) < 4.78 is 8.79. The molecule has 0 bridgehead atoms. The molecule has 4 heterocycles. The van der Waals surface area contributed by atoms with E-state index < -0.39 is 0 Å². The van der Waals surface area contributed by atoms with E-state index in [0.717, 1.165) is 44.4 Å². The summed E-state index contributed by atoms with van der Waals surface area (Å²) in [6, 6.07) is 28.3. The van der Waals surface area contributed by atoms with Gasteiger partial charge in [0.25, 0.3) is 0 Å². The van der Waals surface area contributed by atoms with E-state index in [0.29, 0.717) is 11.5 Å². The first-order valence-corrected chi connectivity index (χ1v) is 15.2. The van der Waals surface area contributed by atoms with Crippen molar-refractivity contribution in [2.45, 2.75) is 58.5 Å². The molecule has 45 heavy (non-hydrogen) atoms. The van der Waals surface area contributed by atoms with Gasteiger partial charge in [-0.1, -0.05) is 77.4 Å². The summed E-state index contributed by atoms with van der Waals surface area (Å²) in [4.78, 5) is 9.12. The summed E-state index contributed by atoms with van der Waals surface area (Å²) >= 11 is 0.